The van der Waals surface area contributed by atoms with Gasteiger partial charge in [0.05, 0.1) is 13.7 Å². The lowest BCUT2D eigenvalue weighted by Crippen LogP contribution is -2.11. The van der Waals surface area contributed by atoms with E-state index in [0.717, 1.165) is 17.7 Å². The molecule has 0 aromatic carbocycles. The van der Waals surface area contributed by atoms with Crippen molar-refractivity contribution < 1.29 is 14.2 Å². The molecule has 0 atom stereocenters. The summed E-state index contributed by atoms with van der Waals surface area (Å²) in [5, 5.41) is 0. The molecule has 1 rings (SSSR count). The van der Waals surface area contributed by atoms with E-state index in [-0.39, 0.29) is 0 Å². The largest absolute Gasteiger partial charge is 0.488 e. The second kappa shape index (κ2) is 9.63. The first-order valence-electron chi connectivity index (χ1n) is 6.97. The van der Waals surface area contributed by atoms with Gasteiger partial charge in [0, 0.05) is 38.5 Å². The fourth-order valence-corrected chi connectivity index (χ4v) is 2.08. The molecule has 0 fully saturated rings. The predicted octanol–water partition coefficient (Wildman–Crippen LogP) is 2.99. The maximum Gasteiger partial charge on any atom is 0.256 e. The molecule has 0 saturated heterocycles. The Morgan fingerprint density at radius 1 is 1.33 bits per heavy atom. The molecule has 1 aromatic heterocycles. The zero-order chi connectivity index (χ0) is 15.7. The van der Waals surface area contributed by atoms with Crippen LogP contribution in [0, 0.1) is 5.92 Å². The number of methoxy groups -OCH3 is 2. The van der Waals surface area contributed by atoms with Crippen LogP contribution in [-0.4, -0.2) is 38.1 Å². The maximum absolute atomic E-state index is 5.72. The number of pyridine rings is 1. The third kappa shape index (κ3) is 5.93. The minimum absolute atomic E-state index is 0.343. The molecule has 0 unspecified atom stereocenters. The summed E-state index contributed by atoms with van der Waals surface area (Å²) in [6.45, 7) is 5.41. The lowest BCUT2D eigenvalue weighted by atomic mass is 10.0. The highest BCUT2D eigenvalue weighted by Crippen LogP contribution is 2.26. The van der Waals surface area contributed by atoms with Crippen molar-refractivity contribution in [3.05, 3.63) is 17.8 Å². The van der Waals surface area contributed by atoms with Crippen LogP contribution < -0.4 is 9.47 Å². The van der Waals surface area contributed by atoms with E-state index >= 15 is 0 Å². The minimum atomic E-state index is 0.343. The van der Waals surface area contributed by atoms with Gasteiger partial charge in [0.2, 0.25) is 0 Å². The third-order valence-corrected chi connectivity index (χ3v) is 3.26. The topological polar surface area (TPSA) is 52.9 Å². The molecule has 0 amide bonds. The molecule has 0 saturated carbocycles. The van der Waals surface area contributed by atoms with E-state index in [1.165, 1.54) is 0 Å². The van der Waals surface area contributed by atoms with Crippen LogP contribution in [0.15, 0.2) is 16.7 Å². The average Bonchev–Trinajstić information content (AvgIpc) is 2.49. The number of aromatic nitrogens is 1. The van der Waals surface area contributed by atoms with Gasteiger partial charge in [-0.05, 0) is 30.4 Å². The summed E-state index contributed by atoms with van der Waals surface area (Å²) in [5.74, 6) is 1.48. The monoisotopic (exact) mass is 312 g/mol. The zero-order valence-corrected chi connectivity index (χ0v) is 14.0. The van der Waals surface area contributed by atoms with Crippen LogP contribution in [0.1, 0.15) is 25.8 Å². The quantitative estimate of drug-likeness (QED) is 0.433. The van der Waals surface area contributed by atoms with Crippen LogP contribution in [0.25, 0.3) is 0 Å². The Kier molecular flexibility index (Phi) is 8.15. The normalized spacial score (nSPS) is 11.8. The Morgan fingerprint density at radius 3 is 2.67 bits per heavy atom. The second-order valence-electron chi connectivity index (χ2n) is 4.97. The van der Waals surface area contributed by atoms with Gasteiger partial charge >= 0.3 is 0 Å². The summed E-state index contributed by atoms with van der Waals surface area (Å²) in [4.78, 5) is 4.28. The zero-order valence-electron chi connectivity index (χ0n) is 13.1. The van der Waals surface area contributed by atoms with Crippen LogP contribution in [0.5, 0.6) is 11.6 Å². The van der Waals surface area contributed by atoms with Crippen LogP contribution in [0.2, 0.25) is 0 Å². The lowest BCUT2D eigenvalue weighted by Gasteiger charge is -2.13. The molecule has 0 bridgehead atoms. The first kappa shape index (κ1) is 17.8. The molecule has 0 aliphatic rings. The van der Waals surface area contributed by atoms with Crippen molar-refractivity contribution in [2.24, 2.45) is 10.3 Å². The molecule has 1 aromatic rings. The summed E-state index contributed by atoms with van der Waals surface area (Å²) >= 11 is 4.03. The summed E-state index contributed by atoms with van der Waals surface area (Å²) < 4.78 is 20.0. The van der Waals surface area contributed by atoms with Gasteiger partial charge in [-0.3, -0.25) is 0 Å². The van der Waals surface area contributed by atoms with Crippen LogP contribution in [0.3, 0.4) is 0 Å². The average molecular weight is 312 g/mol. The number of ether oxygens (including phenoxy) is 3. The summed E-state index contributed by atoms with van der Waals surface area (Å²) in [5.41, 5.74) is 2.04. The molecule has 0 radical (unpaired) electrons. The molecule has 0 N–H and O–H groups in total. The first-order chi connectivity index (χ1) is 10.1. The van der Waals surface area contributed by atoms with E-state index in [9.17, 15) is 0 Å². The van der Waals surface area contributed by atoms with Crippen molar-refractivity contribution in [2.45, 2.75) is 26.7 Å². The highest BCUT2D eigenvalue weighted by molar-refractivity contribution is 7.79. The fraction of sp³-hybridized carbons (Fsp3) is 0.600. The highest BCUT2D eigenvalue weighted by atomic mass is 32.1. The van der Waals surface area contributed by atoms with Gasteiger partial charge in [-0.2, -0.15) is 0 Å². The highest BCUT2D eigenvalue weighted by Gasteiger charge is 2.11. The summed E-state index contributed by atoms with van der Waals surface area (Å²) in [6.07, 6.45) is 3.30. The van der Waals surface area contributed by atoms with Crippen molar-refractivity contribution in [2.75, 3.05) is 27.4 Å². The number of thiol groups is 1. The van der Waals surface area contributed by atoms with Crippen molar-refractivity contribution in [1.29, 1.82) is 0 Å². The number of nitrogens with zero attached hydrogens (tertiary/aromatic N) is 2. The first-order valence-corrected chi connectivity index (χ1v) is 7.37. The summed E-state index contributed by atoms with van der Waals surface area (Å²) in [7, 11) is 3.26. The molecule has 5 nitrogen and oxygen atoms in total. The van der Waals surface area contributed by atoms with E-state index < -0.39 is 0 Å². The molecule has 0 aliphatic carbocycles. The van der Waals surface area contributed by atoms with Crippen LogP contribution in [0.4, 0.5) is 0 Å². The Labute approximate surface area is 132 Å². The van der Waals surface area contributed by atoms with Crippen molar-refractivity contribution in [3.63, 3.8) is 0 Å². The molecule has 6 heteroatoms. The predicted molar refractivity (Wildman–Crippen MR) is 87.7 cm³/mol. The fourth-order valence-electron chi connectivity index (χ4n) is 1.78. The molecule has 21 heavy (non-hydrogen) atoms. The number of hydrogen-bond donors (Lipinski definition) is 1. The van der Waals surface area contributed by atoms with E-state index in [0.29, 0.717) is 37.2 Å². The van der Waals surface area contributed by atoms with Gasteiger partial charge in [0.1, 0.15) is 0 Å². The standard InChI is InChI=1S/C15H24N2O3S/c1-11(2)13(17-21)8-12-9-14(15(19-4)16-10-12)20-7-5-6-18-3/h9-11,21H,5-8H2,1-4H3. The SMILES string of the molecule is COCCCOc1cc(CC(=NS)C(C)C)cnc1OC. The Balaban J connectivity index is 2.79. The van der Waals surface area contributed by atoms with Crippen molar-refractivity contribution in [3.8, 4) is 11.6 Å². The van der Waals surface area contributed by atoms with E-state index in [4.69, 9.17) is 14.2 Å². The Morgan fingerprint density at radius 2 is 2.10 bits per heavy atom. The number of hydrogen-bond acceptors (Lipinski definition) is 6. The van der Waals surface area contributed by atoms with Crippen LogP contribution in [-0.2, 0) is 11.2 Å². The molecular weight excluding hydrogens is 288 g/mol. The third-order valence-electron chi connectivity index (χ3n) is 3.00. The molecule has 1 heterocycles. The van der Waals surface area contributed by atoms with Gasteiger partial charge < -0.3 is 14.2 Å². The Bertz CT molecular complexity index is 464. The second-order valence-corrected chi connectivity index (χ2v) is 5.17. The smallest absolute Gasteiger partial charge is 0.256 e. The minimum Gasteiger partial charge on any atom is -0.488 e. The number of rotatable bonds is 9. The molecule has 118 valence electrons. The van der Waals surface area contributed by atoms with Gasteiger partial charge in [-0.15, -0.1) is 0 Å². The molecule has 0 spiro atoms. The Hall–Kier alpha value is -1.27. The van der Waals surface area contributed by atoms with E-state index in [1.54, 1.807) is 20.4 Å². The summed E-state index contributed by atoms with van der Waals surface area (Å²) in [6, 6.07) is 1.94. The van der Waals surface area contributed by atoms with Gasteiger partial charge in [0.15, 0.2) is 5.75 Å². The van der Waals surface area contributed by atoms with E-state index in [2.05, 4.69) is 36.0 Å². The van der Waals surface area contributed by atoms with Crippen LogP contribution >= 0.6 is 12.8 Å². The molecular formula is C15H24N2O3S. The maximum atomic E-state index is 5.72. The van der Waals surface area contributed by atoms with Crippen molar-refractivity contribution >= 4 is 18.5 Å². The van der Waals surface area contributed by atoms with E-state index in [1.807, 2.05) is 6.07 Å². The van der Waals surface area contributed by atoms with Gasteiger partial charge in [0.25, 0.3) is 5.88 Å². The molecule has 0 aliphatic heterocycles. The van der Waals surface area contributed by atoms with Gasteiger partial charge in [-0.1, -0.05) is 13.8 Å². The lowest BCUT2D eigenvalue weighted by molar-refractivity contribution is 0.170. The van der Waals surface area contributed by atoms with Gasteiger partial charge in [-0.25, -0.2) is 9.38 Å². The van der Waals surface area contributed by atoms with Crippen molar-refractivity contribution in [1.82, 2.24) is 4.98 Å².